The van der Waals surface area contributed by atoms with Crippen LogP contribution in [0, 0.1) is 0 Å². The Balaban J connectivity index is 3.00. The van der Waals surface area contributed by atoms with Gasteiger partial charge >= 0.3 is 0 Å². The van der Waals surface area contributed by atoms with Crippen LogP contribution in [0.3, 0.4) is 0 Å². The third-order valence-corrected chi connectivity index (χ3v) is 2.27. The molecule has 0 unspecified atom stereocenters. The maximum Gasteiger partial charge on any atom is 0.0387 e. The molecule has 0 radical (unpaired) electrons. The molecular formula is C10H21Br. The summed E-state index contributed by atoms with van der Waals surface area (Å²) in [6.07, 6.45) is 9.39. The van der Waals surface area contributed by atoms with Gasteiger partial charge in [-0.3, -0.25) is 0 Å². The molecule has 0 rings (SSSR count). The molecular weight excluding hydrogens is 200 g/mol. The summed E-state index contributed by atoms with van der Waals surface area (Å²) in [5.74, 6) is 0. The molecule has 0 bridgehead atoms. The first-order valence-corrected chi connectivity index (χ1v) is 5.54. The van der Waals surface area contributed by atoms with Crippen molar-refractivity contribution in [2.24, 2.45) is 0 Å². The highest BCUT2D eigenvalue weighted by atomic mass is 79.9. The molecule has 0 amide bonds. The lowest BCUT2D eigenvalue weighted by Crippen LogP contribution is -1.80. The van der Waals surface area contributed by atoms with Crippen molar-refractivity contribution in [1.82, 2.24) is 0 Å². The molecule has 0 aromatic carbocycles. The second-order valence-electron chi connectivity index (χ2n) is 3.00. The minimum atomic E-state index is -1.14. The lowest BCUT2D eigenvalue weighted by molar-refractivity contribution is 0.587. The van der Waals surface area contributed by atoms with Crippen molar-refractivity contribution in [3.05, 3.63) is 0 Å². The van der Waals surface area contributed by atoms with Crippen LogP contribution in [0.15, 0.2) is 0 Å². The number of unbranched alkanes of at least 4 members (excludes halogenated alkanes) is 6. The minimum absolute atomic E-state index is 0.640. The Labute approximate surface area is 82.7 Å². The van der Waals surface area contributed by atoms with E-state index in [2.05, 4.69) is 22.9 Å². The Morgan fingerprint density at radius 1 is 0.909 bits per heavy atom. The second-order valence-corrected chi connectivity index (χ2v) is 3.57. The summed E-state index contributed by atoms with van der Waals surface area (Å²) in [6, 6.07) is 0. The molecule has 11 heavy (non-hydrogen) atoms. The zero-order chi connectivity index (χ0) is 10.2. The van der Waals surface area contributed by atoms with Crippen molar-refractivity contribution in [2.45, 2.75) is 58.3 Å². The SMILES string of the molecule is [2H]C([2H])(Br)CCCCCCCCC. The molecule has 0 spiro atoms. The van der Waals surface area contributed by atoms with Crippen LogP contribution in [0.25, 0.3) is 0 Å². The lowest BCUT2D eigenvalue weighted by Gasteiger charge is -1.98. The van der Waals surface area contributed by atoms with Crippen molar-refractivity contribution in [3.63, 3.8) is 0 Å². The highest BCUT2D eigenvalue weighted by molar-refractivity contribution is 9.09. The predicted octanol–water partition coefficient (Wildman–Crippen LogP) is 4.52. The van der Waals surface area contributed by atoms with Gasteiger partial charge in [-0.2, -0.15) is 0 Å². The zero-order valence-corrected chi connectivity index (χ0v) is 9.12. The van der Waals surface area contributed by atoms with Crippen molar-refractivity contribution >= 4 is 15.9 Å². The Morgan fingerprint density at radius 2 is 1.36 bits per heavy atom. The van der Waals surface area contributed by atoms with Gasteiger partial charge in [0.05, 0.1) is 0 Å². The molecule has 0 aliphatic heterocycles. The van der Waals surface area contributed by atoms with E-state index >= 15 is 0 Å². The summed E-state index contributed by atoms with van der Waals surface area (Å²) in [4.78, 5) is 0. The number of hydrogen-bond acceptors (Lipinski definition) is 0. The minimum Gasteiger partial charge on any atom is -0.0928 e. The van der Waals surface area contributed by atoms with Crippen LogP contribution in [0.2, 0.25) is 0 Å². The topological polar surface area (TPSA) is 0 Å². The molecule has 0 saturated heterocycles. The molecule has 0 aliphatic rings. The lowest BCUT2D eigenvalue weighted by atomic mass is 10.1. The van der Waals surface area contributed by atoms with Crippen molar-refractivity contribution in [1.29, 1.82) is 0 Å². The average Bonchev–Trinajstić information content (AvgIpc) is 2.01. The number of halogens is 1. The third-order valence-electron chi connectivity index (χ3n) is 1.87. The zero-order valence-electron chi connectivity index (χ0n) is 9.53. The molecule has 0 aromatic rings. The monoisotopic (exact) mass is 222 g/mol. The fraction of sp³-hybridized carbons (Fsp3) is 1.00. The van der Waals surface area contributed by atoms with Crippen LogP contribution in [-0.2, 0) is 0 Å². The van der Waals surface area contributed by atoms with Gasteiger partial charge in [-0.25, -0.2) is 0 Å². The van der Waals surface area contributed by atoms with E-state index in [4.69, 9.17) is 2.74 Å². The average molecular weight is 223 g/mol. The van der Waals surface area contributed by atoms with Gasteiger partial charge in [0.2, 0.25) is 0 Å². The van der Waals surface area contributed by atoms with Gasteiger partial charge in [-0.05, 0) is 6.42 Å². The van der Waals surface area contributed by atoms with E-state index in [1.54, 1.807) is 0 Å². The fourth-order valence-corrected chi connectivity index (χ4v) is 1.43. The molecule has 0 nitrogen and oxygen atoms in total. The van der Waals surface area contributed by atoms with Gasteiger partial charge in [0, 0.05) is 8.02 Å². The number of hydrogen-bond donors (Lipinski definition) is 0. The van der Waals surface area contributed by atoms with Crippen LogP contribution in [0.1, 0.15) is 61.0 Å². The van der Waals surface area contributed by atoms with E-state index in [1.807, 2.05) is 0 Å². The van der Waals surface area contributed by atoms with Gasteiger partial charge < -0.3 is 0 Å². The normalized spacial score (nSPS) is 14.4. The fourth-order valence-electron chi connectivity index (χ4n) is 1.15. The summed E-state index contributed by atoms with van der Waals surface area (Å²) in [6.45, 7) is 2.22. The molecule has 0 heterocycles. The summed E-state index contributed by atoms with van der Waals surface area (Å²) >= 11 is 3.01. The van der Waals surface area contributed by atoms with Gasteiger partial charge in [0.1, 0.15) is 0 Å². The van der Waals surface area contributed by atoms with Crippen molar-refractivity contribution in [2.75, 3.05) is 5.28 Å². The van der Waals surface area contributed by atoms with Gasteiger partial charge in [-0.15, -0.1) is 0 Å². The van der Waals surface area contributed by atoms with Crippen LogP contribution in [0.5, 0.6) is 0 Å². The Kier molecular flexibility index (Phi) is 7.71. The summed E-state index contributed by atoms with van der Waals surface area (Å²) < 4.78 is 14.5. The molecule has 0 aliphatic carbocycles. The summed E-state index contributed by atoms with van der Waals surface area (Å²) in [7, 11) is 0. The van der Waals surface area contributed by atoms with Gasteiger partial charge in [0.25, 0.3) is 0 Å². The molecule has 0 atom stereocenters. The molecule has 68 valence electrons. The summed E-state index contributed by atoms with van der Waals surface area (Å²) in [5.41, 5.74) is 0. The first-order valence-electron chi connectivity index (χ1n) is 5.75. The third kappa shape index (κ3) is 10.5. The first kappa shape index (κ1) is 8.10. The largest absolute Gasteiger partial charge is 0.0928 e. The van der Waals surface area contributed by atoms with Crippen molar-refractivity contribution in [3.8, 4) is 0 Å². The maximum atomic E-state index is 7.26. The predicted molar refractivity (Wildman–Crippen MR) is 56.4 cm³/mol. The van der Waals surface area contributed by atoms with Crippen molar-refractivity contribution < 1.29 is 2.74 Å². The van der Waals surface area contributed by atoms with Crippen LogP contribution >= 0.6 is 15.9 Å². The molecule has 0 saturated carbocycles. The van der Waals surface area contributed by atoms with E-state index in [-0.39, 0.29) is 0 Å². The Morgan fingerprint density at radius 3 is 1.82 bits per heavy atom. The Bertz CT molecular complexity index is 110. The van der Waals surface area contributed by atoms with E-state index in [0.717, 1.165) is 6.42 Å². The summed E-state index contributed by atoms with van der Waals surface area (Å²) in [5, 5.41) is -1.14. The highest BCUT2D eigenvalue weighted by Crippen LogP contribution is 2.08. The van der Waals surface area contributed by atoms with Gasteiger partial charge in [0.15, 0.2) is 0 Å². The van der Waals surface area contributed by atoms with E-state index in [1.165, 1.54) is 38.5 Å². The van der Waals surface area contributed by atoms with E-state index < -0.39 is 5.28 Å². The maximum absolute atomic E-state index is 7.26. The number of alkyl halides is 1. The van der Waals surface area contributed by atoms with E-state index in [0.29, 0.717) is 6.42 Å². The first-order chi connectivity index (χ1) is 6.06. The molecule has 0 N–H and O–H groups in total. The molecule has 0 aromatic heterocycles. The van der Waals surface area contributed by atoms with Crippen LogP contribution in [0.4, 0.5) is 0 Å². The number of rotatable bonds is 8. The molecule has 1 heteroatoms. The van der Waals surface area contributed by atoms with Crippen LogP contribution < -0.4 is 0 Å². The quantitative estimate of drug-likeness (QED) is 0.419. The Hall–Kier alpha value is 0.480. The van der Waals surface area contributed by atoms with Crippen LogP contribution in [-0.4, -0.2) is 5.28 Å². The standard InChI is InChI=1S/C10H21Br/c1-2-3-4-5-6-7-8-9-10-11/h2-10H2,1H3/i10D2. The highest BCUT2D eigenvalue weighted by Gasteiger charge is 1.89. The second kappa shape index (κ2) is 10.5. The van der Waals surface area contributed by atoms with Gasteiger partial charge in [-0.1, -0.05) is 67.8 Å². The molecule has 0 fully saturated rings. The smallest absolute Gasteiger partial charge is 0.0387 e. The van der Waals surface area contributed by atoms with E-state index in [9.17, 15) is 0 Å².